The minimum absolute atomic E-state index is 0.00234. The number of hydrogen-bond donors (Lipinski definition) is 1. The normalized spacial score (nSPS) is 23.1. The molecular weight excluding hydrogens is 308 g/mol. The van der Waals surface area contributed by atoms with E-state index in [-0.39, 0.29) is 36.1 Å². The average molecular weight is 330 g/mol. The fraction of sp³-hybridized carbons (Fsp3) is 0.529. The molecule has 0 aliphatic carbocycles. The summed E-state index contributed by atoms with van der Waals surface area (Å²) in [5, 5.41) is 2.52. The number of carbonyl (C=O) groups is 3. The lowest BCUT2D eigenvalue weighted by molar-refractivity contribution is -0.140. The van der Waals surface area contributed by atoms with Crippen molar-refractivity contribution in [3.8, 4) is 0 Å². The zero-order valence-electron chi connectivity index (χ0n) is 13.8. The van der Waals surface area contributed by atoms with E-state index in [1.54, 1.807) is 17.3 Å². The molecule has 3 heterocycles. The SMILES string of the molecule is CC(=O)NCC(=O)N1CC2CCN(Cc3cccnc3)C(=O)C2C1. The second-order valence-electron chi connectivity index (χ2n) is 6.48. The Morgan fingerprint density at radius 3 is 2.92 bits per heavy atom. The van der Waals surface area contributed by atoms with Gasteiger partial charge in [0.25, 0.3) is 0 Å². The van der Waals surface area contributed by atoms with E-state index in [1.807, 2.05) is 17.0 Å². The Labute approximate surface area is 141 Å². The molecule has 0 radical (unpaired) electrons. The number of piperidine rings is 1. The first-order chi connectivity index (χ1) is 11.5. The van der Waals surface area contributed by atoms with E-state index >= 15 is 0 Å². The van der Waals surface area contributed by atoms with Crippen molar-refractivity contribution in [1.29, 1.82) is 0 Å². The maximum Gasteiger partial charge on any atom is 0.241 e. The Kier molecular flexibility index (Phi) is 4.78. The van der Waals surface area contributed by atoms with Gasteiger partial charge >= 0.3 is 0 Å². The van der Waals surface area contributed by atoms with Crippen LogP contribution in [0.3, 0.4) is 0 Å². The van der Waals surface area contributed by atoms with Crippen molar-refractivity contribution in [2.45, 2.75) is 19.9 Å². The van der Waals surface area contributed by atoms with Gasteiger partial charge in [-0.2, -0.15) is 0 Å². The number of nitrogens with zero attached hydrogens (tertiary/aromatic N) is 3. The highest BCUT2D eigenvalue weighted by atomic mass is 16.2. The van der Waals surface area contributed by atoms with Crippen LogP contribution in [0.4, 0.5) is 0 Å². The number of amides is 3. The number of pyridine rings is 1. The minimum Gasteiger partial charge on any atom is -0.347 e. The monoisotopic (exact) mass is 330 g/mol. The molecule has 2 aliphatic rings. The van der Waals surface area contributed by atoms with Gasteiger partial charge in [0.15, 0.2) is 0 Å². The van der Waals surface area contributed by atoms with Crippen LogP contribution < -0.4 is 5.32 Å². The minimum atomic E-state index is -0.223. The second-order valence-corrected chi connectivity index (χ2v) is 6.48. The van der Waals surface area contributed by atoms with Gasteiger partial charge in [0, 0.05) is 45.5 Å². The van der Waals surface area contributed by atoms with Crippen molar-refractivity contribution in [3.05, 3.63) is 30.1 Å². The van der Waals surface area contributed by atoms with Crippen LogP contribution in [-0.4, -0.2) is 58.7 Å². The van der Waals surface area contributed by atoms with Gasteiger partial charge in [-0.25, -0.2) is 0 Å². The fourth-order valence-corrected chi connectivity index (χ4v) is 3.49. The number of rotatable bonds is 4. The molecule has 7 heteroatoms. The van der Waals surface area contributed by atoms with Gasteiger partial charge < -0.3 is 15.1 Å². The third-order valence-electron chi connectivity index (χ3n) is 4.78. The van der Waals surface area contributed by atoms with Crippen molar-refractivity contribution >= 4 is 17.7 Å². The van der Waals surface area contributed by atoms with Crippen molar-refractivity contribution in [2.24, 2.45) is 11.8 Å². The Hall–Kier alpha value is -2.44. The Morgan fingerprint density at radius 2 is 2.21 bits per heavy atom. The van der Waals surface area contributed by atoms with Gasteiger partial charge in [0.2, 0.25) is 17.7 Å². The zero-order valence-corrected chi connectivity index (χ0v) is 13.8. The molecule has 1 N–H and O–H groups in total. The van der Waals surface area contributed by atoms with E-state index in [1.165, 1.54) is 6.92 Å². The van der Waals surface area contributed by atoms with Crippen LogP contribution in [0, 0.1) is 11.8 Å². The largest absolute Gasteiger partial charge is 0.347 e. The molecule has 2 fully saturated rings. The Morgan fingerprint density at radius 1 is 1.38 bits per heavy atom. The predicted molar refractivity (Wildman–Crippen MR) is 86.5 cm³/mol. The standard InChI is InChI=1S/C17H22N4O3/c1-12(22)19-8-16(23)21-10-14-4-6-20(17(24)15(14)11-21)9-13-3-2-5-18-7-13/h2-3,5,7,14-15H,4,6,8-11H2,1H3,(H,19,22). The third kappa shape index (κ3) is 3.55. The molecular formula is C17H22N4O3. The van der Waals surface area contributed by atoms with Gasteiger partial charge in [-0.15, -0.1) is 0 Å². The number of fused-ring (bicyclic) bond motifs is 1. The van der Waals surface area contributed by atoms with Gasteiger partial charge in [-0.3, -0.25) is 19.4 Å². The summed E-state index contributed by atoms with van der Waals surface area (Å²) in [5.41, 5.74) is 1.01. The van der Waals surface area contributed by atoms with Crippen LogP contribution in [0.15, 0.2) is 24.5 Å². The van der Waals surface area contributed by atoms with E-state index in [4.69, 9.17) is 0 Å². The van der Waals surface area contributed by atoms with Crippen molar-refractivity contribution < 1.29 is 14.4 Å². The fourth-order valence-electron chi connectivity index (χ4n) is 3.49. The summed E-state index contributed by atoms with van der Waals surface area (Å²) in [5.74, 6) is -0.129. The molecule has 0 spiro atoms. The number of likely N-dealkylation sites (tertiary alicyclic amines) is 2. The lowest BCUT2D eigenvalue weighted by Gasteiger charge is -2.33. The third-order valence-corrected chi connectivity index (χ3v) is 4.78. The van der Waals surface area contributed by atoms with Crippen molar-refractivity contribution in [3.63, 3.8) is 0 Å². The van der Waals surface area contributed by atoms with Crippen LogP contribution in [0.2, 0.25) is 0 Å². The maximum atomic E-state index is 12.7. The summed E-state index contributed by atoms with van der Waals surface area (Å²) < 4.78 is 0. The quantitative estimate of drug-likeness (QED) is 0.844. The number of hydrogen-bond acceptors (Lipinski definition) is 4. The zero-order chi connectivity index (χ0) is 17.1. The molecule has 1 aromatic heterocycles. The van der Waals surface area contributed by atoms with Crippen LogP contribution >= 0.6 is 0 Å². The van der Waals surface area contributed by atoms with E-state index in [0.29, 0.717) is 26.2 Å². The summed E-state index contributed by atoms with van der Waals surface area (Å²) in [6, 6.07) is 3.83. The van der Waals surface area contributed by atoms with Crippen LogP contribution in [0.1, 0.15) is 18.9 Å². The Bertz CT molecular complexity index is 634. The molecule has 7 nitrogen and oxygen atoms in total. The van der Waals surface area contributed by atoms with E-state index in [0.717, 1.165) is 12.0 Å². The van der Waals surface area contributed by atoms with E-state index in [2.05, 4.69) is 10.3 Å². The summed E-state index contributed by atoms with van der Waals surface area (Å²) in [7, 11) is 0. The number of aromatic nitrogens is 1. The van der Waals surface area contributed by atoms with Crippen LogP contribution in [0.25, 0.3) is 0 Å². The number of nitrogens with one attached hydrogen (secondary N) is 1. The summed E-state index contributed by atoms with van der Waals surface area (Å²) >= 11 is 0. The summed E-state index contributed by atoms with van der Waals surface area (Å²) in [4.78, 5) is 43.5. The smallest absolute Gasteiger partial charge is 0.241 e. The molecule has 2 saturated heterocycles. The summed E-state index contributed by atoms with van der Waals surface area (Å²) in [6.07, 6.45) is 4.39. The van der Waals surface area contributed by atoms with Crippen LogP contribution in [0.5, 0.6) is 0 Å². The van der Waals surface area contributed by atoms with Gasteiger partial charge in [0.1, 0.15) is 0 Å². The summed E-state index contributed by atoms with van der Waals surface area (Å²) in [6.45, 7) is 3.72. The van der Waals surface area contributed by atoms with Gasteiger partial charge in [-0.05, 0) is 24.0 Å². The van der Waals surface area contributed by atoms with Gasteiger partial charge in [-0.1, -0.05) is 6.07 Å². The maximum absolute atomic E-state index is 12.7. The molecule has 0 bridgehead atoms. The van der Waals surface area contributed by atoms with Crippen molar-refractivity contribution in [1.82, 2.24) is 20.1 Å². The highest BCUT2D eigenvalue weighted by Crippen LogP contribution is 2.32. The Balaban J connectivity index is 1.59. The van der Waals surface area contributed by atoms with Gasteiger partial charge in [0.05, 0.1) is 12.5 Å². The van der Waals surface area contributed by atoms with Crippen molar-refractivity contribution in [2.75, 3.05) is 26.2 Å². The van der Waals surface area contributed by atoms with Crippen LogP contribution in [-0.2, 0) is 20.9 Å². The molecule has 2 aliphatic heterocycles. The number of carbonyl (C=O) groups excluding carboxylic acids is 3. The molecule has 3 amide bonds. The topological polar surface area (TPSA) is 82.6 Å². The molecule has 0 aromatic carbocycles. The molecule has 2 unspecified atom stereocenters. The lowest BCUT2D eigenvalue weighted by Crippen LogP contribution is -2.44. The first-order valence-corrected chi connectivity index (χ1v) is 8.24. The average Bonchev–Trinajstić information content (AvgIpc) is 3.01. The predicted octanol–water partition coefficient (Wildman–Crippen LogP) is 0.0246. The second kappa shape index (κ2) is 6.98. The molecule has 0 saturated carbocycles. The molecule has 3 rings (SSSR count). The molecule has 2 atom stereocenters. The van der Waals surface area contributed by atoms with E-state index in [9.17, 15) is 14.4 Å². The first-order valence-electron chi connectivity index (χ1n) is 8.24. The lowest BCUT2D eigenvalue weighted by atomic mass is 9.88. The first kappa shape index (κ1) is 16.4. The molecule has 128 valence electrons. The van der Waals surface area contributed by atoms with E-state index < -0.39 is 0 Å². The highest BCUT2D eigenvalue weighted by molar-refractivity contribution is 5.86. The highest BCUT2D eigenvalue weighted by Gasteiger charge is 2.43. The molecule has 24 heavy (non-hydrogen) atoms. The molecule has 1 aromatic rings.